The summed E-state index contributed by atoms with van der Waals surface area (Å²) in [4.78, 5) is 6.37. The van der Waals surface area contributed by atoms with Crippen molar-refractivity contribution in [2.24, 2.45) is 0 Å². The van der Waals surface area contributed by atoms with Crippen LogP contribution in [-0.4, -0.2) is 27.9 Å². The number of anilines is 1. The maximum atomic E-state index is 5.49. The number of fused-ring (bicyclic) bond motifs is 1. The molecule has 0 amide bonds. The van der Waals surface area contributed by atoms with Crippen LogP contribution in [0.25, 0.3) is 10.2 Å². The molecule has 25 heavy (non-hydrogen) atoms. The summed E-state index contributed by atoms with van der Waals surface area (Å²) in [6, 6.07) is 8.82. The van der Waals surface area contributed by atoms with E-state index < -0.39 is 0 Å². The molecule has 4 rings (SSSR count). The Morgan fingerprint density at radius 1 is 1.40 bits per heavy atom. The average molecular weight is 391 g/mol. The van der Waals surface area contributed by atoms with E-state index in [4.69, 9.17) is 17.2 Å². The van der Waals surface area contributed by atoms with E-state index >= 15 is 0 Å². The van der Waals surface area contributed by atoms with Gasteiger partial charge in [-0.1, -0.05) is 29.5 Å². The largest absolute Gasteiger partial charge is 0.357 e. The molecule has 2 N–H and O–H groups in total. The summed E-state index contributed by atoms with van der Waals surface area (Å²) in [6.07, 6.45) is 4.22. The number of para-hydroxylation sites is 1. The first kappa shape index (κ1) is 16.8. The zero-order valence-electron chi connectivity index (χ0n) is 13.8. The van der Waals surface area contributed by atoms with E-state index in [1.54, 1.807) is 0 Å². The summed E-state index contributed by atoms with van der Waals surface area (Å²) in [7, 11) is 0. The third-order valence-electron chi connectivity index (χ3n) is 4.45. The molecule has 1 aliphatic heterocycles. The van der Waals surface area contributed by atoms with Gasteiger partial charge in [-0.3, -0.25) is 0 Å². The molecule has 1 fully saturated rings. The molecule has 1 aromatic carbocycles. The van der Waals surface area contributed by atoms with E-state index in [0.717, 1.165) is 27.8 Å². The third kappa shape index (κ3) is 3.52. The van der Waals surface area contributed by atoms with Gasteiger partial charge in [-0.05, 0) is 24.4 Å². The van der Waals surface area contributed by atoms with Gasteiger partial charge < -0.3 is 10.2 Å². The Kier molecular flexibility index (Phi) is 4.93. The molecule has 2 aromatic heterocycles. The Labute approximate surface area is 159 Å². The zero-order chi connectivity index (χ0) is 17.2. The van der Waals surface area contributed by atoms with E-state index in [9.17, 15) is 0 Å². The lowest BCUT2D eigenvalue weighted by Gasteiger charge is -2.19. The van der Waals surface area contributed by atoms with Crippen molar-refractivity contribution in [1.82, 2.24) is 14.8 Å². The Bertz CT molecular complexity index is 908. The maximum Gasteiger partial charge on any atom is 0.205 e. The second-order valence-electron chi connectivity index (χ2n) is 6.12. The molecule has 3 aromatic rings. The number of benzene rings is 1. The van der Waals surface area contributed by atoms with Crippen molar-refractivity contribution in [2.45, 2.75) is 25.6 Å². The SMILES string of the molecule is C=CCNc1nn(C[NH+]2CCC[C@H]2c2nc3ccccc3s2)c(=S)s1. The van der Waals surface area contributed by atoms with E-state index in [-0.39, 0.29) is 0 Å². The second-order valence-corrected chi connectivity index (χ2v) is 8.81. The number of thiazole rings is 1. The normalized spacial score (nSPS) is 20.2. The van der Waals surface area contributed by atoms with Crippen molar-refractivity contribution in [3.05, 3.63) is 45.9 Å². The molecule has 0 saturated carbocycles. The number of hydrogen-bond acceptors (Lipinski definition) is 6. The molecule has 2 atom stereocenters. The van der Waals surface area contributed by atoms with Gasteiger partial charge in [-0.15, -0.1) is 23.0 Å². The molecule has 0 radical (unpaired) electrons. The van der Waals surface area contributed by atoms with Gasteiger partial charge in [0.25, 0.3) is 0 Å². The first-order valence-electron chi connectivity index (χ1n) is 8.37. The minimum Gasteiger partial charge on any atom is -0.357 e. The van der Waals surface area contributed by atoms with Gasteiger partial charge in [-0.25, -0.2) is 4.98 Å². The number of nitrogens with one attached hydrogen (secondary N) is 2. The summed E-state index contributed by atoms with van der Waals surface area (Å²) in [6.45, 7) is 6.35. The molecule has 0 bridgehead atoms. The summed E-state index contributed by atoms with van der Waals surface area (Å²) >= 11 is 8.83. The van der Waals surface area contributed by atoms with E-state index in [0.29, 0.717) is 12.6 Å². The van der Waals surface area contributed by atoms with E-state index in [1.807, 2.05) is 22.1 Å². The lowest BCUT2D eigenvalue weighted by Crippen LogP contribution is -3.09. The molecule has 1 saturated heterocycles. The van der Waals surface area contributed by atoms with Crippen LogP contribution in [0.15, 0.2) is 36.9 Å². The van der Waals surface area contributed by atoms with Gasteiger partial charge in [0.05, 0.1) is 16.8 Å². The van der Waals surface area contributed by atoms with Crippen molar-refractivity contribution in [3.63, 3.8) is 0 Å². The number of nitrogens with zero attached hydrogens (tertiary/aromatic N) is 3. The van der Waals surface area contributed by atoms with Gasteiger partial charge in [0.2, 0.25) is 5.13 Å². The topological polar surface area (TPSA) is 47.2 Å². The van der Waals surface area contributed by atoms with Crippen LogP contribution in [-0.2, 0) is 6.67 Å². The molecule has 1 unspecified atom stereocenters. The first-order chi connectivity index (χ1) is 12.2. The predicted octanol–water partition coefficient (Wildman–Crippen LogP) is 3.26. The van der Waals surface area contributed by atoms with Crippen LogP contribution in [0.4, 0.5) is 5.13 Å². The Morgan fingerprint density at radius 2 is 2.28 bits per heavy atom. The van der Waals surface area contributed by atoms with E-state index in [1.165, 1.54) is 38.8 Å². The van der Waals surface area contributed by atoms with Crippen LogP contribution in [0.5, 0.6) is 0 Å². The van der Waals surface area contributed by atoms with Crippen molar-refractivity contribution in [3.8, 4) is 0 Å². The Hall–Kier alpha value is -1.61. The lowest BCUT2D eigenvalue weighted by molar-refractivity contribution is -0.941. The molecule has 5 nitrogen and oxygen atoms in total. The van der Waals surface area contributed by atoms with Crippen molar-refractivity contribution >= 4 is 50.2 Å². The quantitative estimate of drug-likeness (QED) is 0.501. The first-order valence-corrected chi connectivity index (χ1v) is 10.4. The molecule has 0 aliphatic carbocycles. The smallest absolute Gasteiger partial charge is 0.205 e. The highest BCUT2D eigenvalue weighted by atomic mass is 32.1. The van der Waals surface area contributed by atoms with Crippen molar-refractivity contribution in [2.75, 3.05) is 18.4 Å². The van der Waals surface area contributed by atoms with Crippen LogP contribution < -0.4 is 10.2 Å². The highest BCUT2D eigenvalue weighted by Crippen LogP contribution is 2.28. The lowest BCUT2D eigenvalue weighted by atomic mass is 10.2. The zero-order valence-corrected chi connectivity index (χ0v) is 16.2. The number of aromatic nitrogens is 3. The predicted molar refractivity (Wildman–Crippen MR) is 107 cm³/mol. The minimum atomic E-state index is 0.436. The van der Waals surface area contributed by atoms with Crippen LogP contribution >= 0.6 is 34.9 Å². The number of quaternary nitrogens is 1. The molecular formula is C17H20N5S3+. The summed E-state index contributed by atoms with van der Waals surface area (Å²) in [5.74, 6) is 0. The minimum absolute atomic E-state index is 0.436. The summed E-state index contributed by atoms with van der Waals surface area (Å²) in [5, 5.41) is 9.94. The fourth-order valence-electron chi connectivity index (χ4n) is 3.27. The molecule has 0 spiro atoms. The van der Waals surface area contributed by atoms with Gasteiger partial charge in [0, 0.05) is 19.4 Å². The van der Waals surface area contributed by atoms with Gasteiger partial charge in [0.1, 0.15) is 6.04 Å². The van der Waals surface area contributed by atoms with Crippen LogP contribution in [0.1, 0.15) is 23.9 Å². The molecule has 8 heteroatoms. The van der Waals surface area contributed by atoms with Gasteiger partial charge in [-0.2, -0.15) is 4.68 Å². The van der Waals surface area contributed by atoms with Crippen LogP contribution in [0.2, 0.25) is 0 Å². The molecular weight excluding hydrogens is 370 g/mol. The summed E-state index contributed by atoms with van der Waals surface area (Å²) < 4.78 is 4.03. The monoisotopic (exact) mass is 390 g/mol. The maximum absolute atomic E-state index is 5.49. The average Bonchev–Trinajstić information content (AvgIpc) is 3.31. The summed E-state index contributed by atoms with van der Waals surface area (Å²) in [5.41, 5.74) is 1.11. The van der Waals surface area contributed by atoms with Gasteiger partial charge in [0.15, 0.2) is 15.6 Å². The Morgan fingerprint density at radius 3 is 3.12 bits per heavy atom. The van der Waals surface area contributed by atoms with Crippen LogP contribution in [0.3, 0.4) is 0 Å². The fraction of sp³-hybridized carbons (Fsp3) is 0.353. The molecule has 3 heterocycles. The van der Waals surface area contributed by atoms with E-state index in [2.05, 4.69) is 41.3 Å². The Balaban J connectivity index is 1.54. The third-order valence-corrected chi connectivity index (χ3v) is 6.86. The highest BCUT2D eigenvalue weighted by molar-refractivity contribution is 7.73. The number of hydrogen-bond donors (Lipinski definition) is 2. The highest BCUT2D eigenvalue weighted by Gasteiger charge is 2.33. The molecule has 130 valence electrons. The number of likely N-dealkylation sites (tertiary alicyclic amines) is 1. The molecule has 1 aliphatic rings. The fourth-order valence-corrected chi connectivity index (χ4v) is 5.44. The van der Waals surface area contributed by atoms with Crippen molar-refractivity contribution in [1.29, 1.82) is 0 Å². The van der Waals surface area contributed by atoms with Crippen molar-refractivity contribution < 1.29 is 4.90 Å². The van der Waals surface area contributed by atoms with Crippen LogP contribution in [0, 0.1) is 3.95 Å². The second kappa shape index (κ2) is 7.33. The number of rotatable bonds is 6. The standard InChI is InChI=1S/C17H19N5S3/c1-2-9-18-16-20-22(17(23)25-16)11-21-10-5-7-13(21)15-19-12-6-3-4-8-14(12)24-15/h2-4,6,8,13H,1,5,7,9-11H2,(H,18,20)/p+1/t13-/m0/s1. The van der Waals surface area contributed by atoms with Gasteiger partial charge >= 0.3 is 0 Å².